The van der Waals surface area contributed by atoms with E-state index < -0.39 is 0 Å². The van der Waals surface area contributed by atoms with E-state index in [1.807, 2.05) is 11.3 Å². The van der Waals surface area contributed by atoms with E-state index in [9.17, 15) is 0 Å². The fourth-order valence-electron chi connectivity index (χ4n) is 4.53. The lowest BCUT2D eigenvalue weighted by Gasteiger charge is -2.08. The highest BCUT2D eigenvalue weighted by Gasteiger charge is 2.15. The Balaban J connectivity index is 1.67. The molecule has 0 fully saturated rings. The molecule has 7 rings (SSSR count). The Bertz CT molecular complexity index is 1710. The Morgan fingerprint density at radius 1 is 0.690 bits per heavy atom. The van der Waals surface area contributed by atoms with Gasteiger partial charge in [0.25, 0.3) is 0 Å². The lowest BCUT2D eigenvalue weighted by atomic mass is 10.1. The average molecular weight is 389 g/mol. The van der Waals surface area contributed by atoms with Gasteiger partial charge in [0.15, 0.2) is 0 Å². The second-order valence-electron chi connectivity index (χ2n) is 7.42. The maximum absolute atomic E-state index is 4.37. The summed E-state index contributed by atoms with van der Waals surface area (Å²) in [6.07, 6.45) is 1.75. The standard InChI is InChI=1S/C25H15N3S/c1-3-7-22-16(5-1)18-12-19-17-6-2-4-8-24(17)29-25(19)13-23(18)28(22)15-9-10-20-21(11-15)27-14-26-20/h1-14H,(H,26,27). The lowest BCUT2D eigenvalue weighted by molar-refractivity contribution is 1.19. The number of rotatable bonds is 1. The third-order valence-electron chi connectivity index (χ3n) is 5.83. The number of benzene rings is 4. The molecule has 1 N–H and O–H groups in total. The Morgan fingerprint density at radius 3 is 2.52 bits per heavy atom. The van der Waals surface area contributed by atoms with E-state index in [2.05, 4.69) is 93.4 Å². The molecule has 7 aromatic rings. The van der Waals surface area contributed by atoms with Crippen molar-refractivity contribution in [1.29, 1.82) is 0 Å². The molecular formula is C25H15N3S. The van der Waals surface area contributed by atoms with E-state index in [4.69, 9.17) is 0 Å². The minimum atomic E-state index is 0.987. The van der Waals surface area contributed by atoms with E-state index in [1.165, 1.54) is 42.0 Å². The van der Waals surface area contributed by atoms with Crippen LogP contribution < -0.4 is 0 Å². The van der Waals surface area contributed by atoms with Crippen LogP contribution in [0.25, 0.3) is 58.7 Å². The molecule has 0 atom stereocenters. The Hall–Kier alpha value is -3.63. The van der Waals surface area contributed by atoms with Crippen molar-refractivity contribution in [3.8, 4) is 5.69 Å². The largest absolute Gasteiger partial charge is 0.345 e. The molecule has 0 saturated heterocycles. The van der Waals surface area contributed by atoms with Gasteiger partial charge in [0, 0.05) is 36.6 Å². The third kappa shape index (κ3) is 2.04. The fraction of sp³-hybridized carbons (Fsp3) is 0. The normalized spacial score (nSPS) is 12.1. The van der Waals surface area contributed by atoms with E-state index in [-0.39, 0.29) is 0 Å². The van der Waals surface area contributed by atoms with Crippen molar-refractivity contribution < 1.29 is 0 Å². The van der Waals surface area contributed by atoms with Crippen LogP contribution in [0.4, 0.5) is 0 Å². The third-order valence-corrected chi connectivity index (χ3v) is 6.97. The first-order valence-corrected chi connectivity index (χ1v) is 10.5. The molecule has 0 aliphatic carbocycles. The minimum Gasteiger partial charge on any atom is -0.345 e. The minimum absolute atomic E-state index is 0.987. The van der Waals surface area contributed by atoms with Crippen LogP contribution in [-0.4, -0.2) is 14.5 Å². The predicted octanol–water partition coefficient (Wildman–Crippen LogP) is 7.03. The van der Waals surface area contributed by atoms with Crippen molar-refractivity contribution >= 4 is 64.3 Å². The number of aromatic amines is 1. The molecule has 0 aliphatic heterocycles. The number of hydrogen-bond acceptors (Lipinski definition) is 2. The van der Waals surface area contributed by atoms with Gasteiger partial charge in [0.2, 0.25) is 0 Å². The van der Waals surface area contributed by atoms with Crippen molar-refractivity contribution in [1.82, 2.24) is 14.5 Å². The molecule has 0 amide bonds. The molecule has 3 nitrogen and oxygen atoms in total. The summed E-state index contributed by atoms with van der Waals surface area (Å²) in [7, 11) is 0. The van der Waals surface area contributed by atoms with E-state index in [0.717, 1.165) is 16.7 Å². The first kappa shape index (κ1) is 15.3. The molecule has 4 heteroatoms. The van der Waals surface area contributed by atoms with Gasteiger partial charge in [0.1, 0.15) is 0 Å². The number of H-pyrrole nitrogens is 1. The first-order chi connectivity index (χ1) is 14.4. The van der Waals surface area contributed by atoms with Crippen LogP contribution >= 0.6 is 11.3 Å². The van der Waals surface area contributed by atoms with Crippen molar-refractivity contribution in [3.63, 3.8) is 0 Å². The summed E-state index contributed by atoms with van der Waals surface area (Å²) in [5, 5.41) is 5.25. The zero-order valence-electron chi connectivity index (χ0n) is 15.4. The van der Waals surface area contributed by atoms with Crippen LogP contribution in [0.1, 0.15) is 0 Å². The Morgan fingerprint density at radius 2 is 1.55 bits per heavy atom. The van der Waals surface area contributed by atoms with Crippen LogP contribution in [0.3, 0.4) is 0 Å². The zero-order chi connectivity index (χ0) is 18.9. The van der Waals surface area contributed by atoms with Crippen LogP contribution in [0.2, 0.25) is 0 Å². The number of thiophene rings is 1. The van der Waals surface area contributed by atoms with Gasteiger partial charge in [-0.05, 0) is 42.5 Å². The number of para-hydroxylation sites is 1. The van der Waals surface area contributed by atoms with Gasteiger partial charge in [-0.15, -0.1) is 11.3 Å². The summed E-state index contributed by atoms with van der Waals surface area (Å²) in [6.45, 7) is 0. The quantitative estimate of drug-likeness (QED) is 0.321. The topological polar surface area (TPSA) is 33.6 Å². The number of nitrogens with one attached hydrogen (secondary N) is 1. The summed E-state index contributed by atoms with van der Waals surface area (Å²) in [5.74, 6) is 0. The molecule has 0 spiro atoms. The maximum atomic E-state index is 4.37. The molecule has 136 valence electrons. The Labute approximate surface area is 169 Å². The summed E-state index contributed by atoms with van der Waals surface area (Å²) in [5.41, 5.74) is 5.65. The molecule has 0 saturated carbocycles. The lowest BCUT2D eigenvalue weighted by Crippen LogP contribution is -1.93. The summed E-state index contributed by atoms with van der Waals surface area (Å²) >= 11 is 1.86. The van der Waals surface area contributed by atoms with Crippen LogP contribution in [-0.2, 0) is 0 Å². The van der Waals surface area contributed by atoms with Crippen LogP contribution in [0, 0.1) is 0 Å². The average Bonchev–Trinajstić information content (AvgIpc) is 3.45. The second kappa shape index (κ2) is 5.46. The highest BCUT2D eigenvalue weighted by atomic mass is 32.1. The number of aromatic nitrogens is 3. The number of imidazole rings is 1. The maximum Gasteiger partial charge on any atom is 0.0931 e. The van der Waals surface area contributed by atoms with Crippen LogP contribution in [0.5, 0.6) is 0 Å². The number of hydrogen-bond donors (Lipinski definition) is 1. The molecule has 3 aromatic heterocycles. The number of fused-ring (bicyclic) bond motifs is 7. The molecule has 29 heavy (non-hydrogen) atoms. The summed E-state index contributed by atoms with van der Waals surface area (Å²) < 4.78 is 5.03. The van der Waals surface area contributed by atoms with Crippen molar-refractivity contribution in [2.75, 3.05) is 0 Å². The smallest absolute Gasteiger partial charge is 0.0931 e. The van der Waals surface area contributed by atoms with E-state index in [0.29, 0.717) is 0 Å². The highest BCUT2D eigenvalue weighted by Crippen LogP contribution is 2.40. The van der Waals surface area contributed by atoms with Crippen LogP contribution in [0.15, 0.2) is 85.2 Å². The van der Waals surface area contributed by atoms with Crippen molar-refractivity contribution in [2.24, 2.45) is 0 Å². The zero-order valence-corrected chi connectivity index (χ0v) is 16.2. The predicted molar refractivity (Wildman–Crippen MR) is 123 cm³/mol. The van der Waals surface area contributed by atoms with Gasteiger partial charge in [-0.1, -0.05) is 36.4 Å². The molecule has 3 heterocycles. The molecule has 0 bridgehead atoms. The van der Waals surface area contributed by atoms with Crippen molar-refractivity contribution in [3.05, 3.63) is 85.2 Å². The molecule has 4 aromatic carbocycles. The van der Waals surface area contributed by atoms with Gasteiger partial charge in [-0.25, -0.2) is 4.98 Å². The van der Waals surface area contributed by atoms with E-state index in [1.54, 1.807) is 6.33 Å². The molecular weight excluding hydrogens is 374 g/mol. The number of nitrogens with zero attached hydrogens (tertiary/aromatic N) is 2. The van der Waals surface area contributed by atoms with Gasteiger partial charge in [-0.2, -0.15) is 0 Å². The second-order valence-corrected chi connectivity index (χ2v) is 8.50. The molecule has 0 radical (unpaired) electrons. The summed E-state index contributed by atoms with van der Waals surface area (Å²) in [6, 6.07) is 28.5. The Kier molecular flexibility index (Phi) is 2.88. The van der Waals surface area contributed by atoms with Crippen molar-refractivity contribution in [2.45, 2.75) is 0 Å². The molecule has 0 unspecified atom stereocenters. The van der Waals surface area contributed by atoms with Gasteiger partial charge in [-0.3, -0.25) is 0 Å². The summed E-state index contributed by atoms with van der Waals surface area (Å²) in [4.78, 5) is 7.61. The SMILES string of the molecule is c1ccc2c(c1)sc1cc3c(cc12)c1ccccc1n3-c1ccc2nc[nH]c2c1. The highest BCUT2D eigenvalue weighted by molar-refractivity contribution is 7.25. The van der Waals surface area contributed by atoms with Gasteiger partial charge < -0.3 is 9.55 Å². The van der Waals surface area contributed by atoms with Gasteiger partial charge >= 0.3 is 0 Å². The monoisotopic (exact) mass is 389 g/mol. The fourth-order valence-corrected chi connectivity index (χ4v) is 5.65. The van der Waals surface area contributed by atoms with Gasteiger partial charge in [0.05, 0.1) is 28.4 Å². The molecule has 0 aliphatic rings. The first-order valence-electron chi connectivity index (χ1n) is 9.65. The van der Waals surface area contributed by atoms with E-state index >= 15 is 0 Å².